The van der Waals surface area contributed by atoms with Crippen LogP contribution >= 0.6 is 12.6 Å². The van der Waals surface area contributed by atoms with E-state index >= 15 is 0 Å². The quantitative estimate of drug-likeness (QED) is 0.680. The summed E-state index contributed by atoms with van der Waals surface area (Å²) in [5.41, 5.74) is 2.35. The molecule has 1 saturated heterocycles. The van der Waals surface area contributed by atoms with Crippen LogP contribution in [0, 0.1) is 11.8 Å². The summed E-state index contributed by atoms with van der Waals surface area (Å²) < 4.78 is 0. The van der Waals surface area contributed by atoms with Gasteiger partial charge >= 0.3 is 5.97 Å². The van der Waals surface area contributed by atoms with Crippen molar-refractivity contribution in [3.63, 3.8) is 0 Å². The molecule has 1 aliphatic heterocycles. The molecule has 6 nitrogen and oxygen atoms in total. The average Bonchev–Trinajstić information content (AvgIpc) is 3.05. The molecule has 1 aromatic carbocycles. The summed E-state index contributed by atoms with van der Waals surface area (Å²) in [6.07, 6.45) is 2.04. The summed E-state index contributed by atoms with van der Waals surface area (Å²) in [7, 11) is 0. The van der Waals surface area contributed by atoms with E-state index in [0.717, 1.165) is 0 Å². The Bertz CT molecular complexity index is 713. The number of benzene rings is 1. The number of carbonyl (C=O) groups is 3. The highest BCUT2D eigenvalue weighted by atomic mass is 32.1. The van der Waals surface area contributed by atoms with Gasteiger partial charge in [0.1, 0.15) is 12.1 Å². The molecule has 4 atom stereocenters. The summed E-state index contributed by atoms with van der Waals surface area (Å²) in [6, 6.07) is 6.45. The Hall–Kier alpha value is -2.02. The highest BCUT2D eigenvalue weighted by molar-refractivity contribution is 7.81. The van der Waals surface area contributed by atoms with Crippen molar-refractivity contribution in [1.29, 1.82) is 0 Å². The number of nitrogens with one attached hydrogen (secondary N) is 1. The second-order valence-electron chi connectivity index (χ2n) is 7.21. The SMILES string of the molecule is CCC(C)C1C(=O)NC(C2Cc3ccccc3C2)C(=O)N1C(S)C(=O)O. The van der Waals surface area contributed by atoms with E-state index in [0.29, 0.717) is 19.3 Å². The van der Waals surface area contributed by atoms with Gasteiger partial charge in [-0.2, -0.15) is 0 Å². The third kappa shape index (κ3) is 3.20. The third-order valence-corrected chi connectivity index (χ3v) is 6.08. The molecular formula is C19H24N2O4S. The van der Waals surface area contributed by atoms with Crippen LogP contribution in [0.3, 0.4) is 0 Å². The van der Waals surface area contributed by atoms with E-state index in [-0.39, 0.29) is 23.7 Å². The molecule has 26 heavy (non-hydrogen) atoms. The monoisotopic (exact) mass is 376 g/mol. The first-order valence-corrected chi connectivity index (χ1v) is 9.47. The van der Waals surface area contributed by atoms with E-state index in [9.17, 15) is 19.5 Å². The minimum Gasteiger partial charge on any atom is -0.479 e. The average molecular weight is 376 g/mol. The van der Waals surface area contributed by atoms with Crippen molar-refractivity contribution in [2.24, 2.45) is 11.8 Å². The minimum absolute atomic E-state index is 0.0708. The molecule has 3 rings (SSSR count). The van der Waals surface area contributed by atoms with E-state index in [1.165, 1.54) is 16.0 Å². The molecule has 140 valence electrons. The molecule has 2 aliphatic rings. The van der Waals surface area contributed by atoms with Crippen LogP contribution in [0.25, 0.3) is 0 Å². The number of rotatable bonds is 5. The van der Waals surface area contributed by atoms with Gasteiger partial charge < -0.3 is 15.3 Å². The number of fused-ring (bicyclic) bond motifs is 1. The van der Waals surface area contributed by atoms with Crippen LogP contribution in [0.15, 0.2) is 24.3 Å². The lowest BCUT2D eigenvalue weighted by Crippen LogP contribution is -2.69. The van der Waals surface area contributed by atoms with Crippen molar-refractivity contribution in [3.8, 4) is 0 Å². The van der Waals surface area contributed by atoms with Gasteiger partial charge in [-0.1, -0.05) is 44.5 Å². The van der Waals surface area contributed by atoms with Gasteiger partial charge in [0.25, 0.3) is 0 Å². The van der Waals surface area contributed by atoms with Crippen molar-refractivity contribution in [1.82, 2.24) is 10.2 Å². The van der Waals surface area contributed by atoms with Crippen LogP contribution in [0.2, 0.25) is 0 Å². The predicted octanol–water partition coefficient (Wildman–Crippen LogP) is 1.48. The van der Waals surface area contributed by atoms with Crippen LogP contribution in [0.5, 0.6) is 0 Å². The maximum absolute atomic E-state index is 13.2. The zero-order chi connectivity index (χ0) is 19.0. The highest BCUT2D eigenvalue weighted by Gasteiger charge is 2.49. The van der Waals surface area contributed by atoms with Gasteiger partial charge in [-0.25, -0.2) is 4.79 Å². The summed E-state index contributed by atoms with van der Waals surface area (Å²) in [5.74, 6) is -2.10. The Morgan fingerprint density at radius 1 is 1.31 bits per heavy atom. The molecule has 1 aliphatic carbocycles. The maximum Gasteiger partial charge on any atom is 0.336 e. The Morgan fingerprint density at radius 3 is 2.38 bits per heavy atom. The molecular weight excluding hydrogens is 352 g/mol. The standard InChI is InChI=1S/C19H24N2O4S/c1-3-10(2)15-16(22)20-14(17(23)21(15)18(26)19(24)25)13-8-11-6-4-5-7-12(11)9-13/h4-7,10,13-15,18,26H,3,8-9H2,1-2H3,(H,20,22)(H,24,25). The van der Waals surface area contributed by atoms with Gasteiger partial charge in [-0.3, -0.25) is 9.59 Å². The number of piperazine rings is 1. The molecule has 2 amide bonds. The molecule has 1 heterocycles. The molecule has 2 N–H and O–H groups in total. The first-order valence-electron chi connectivity index (χ1n) is 8.95. The van der Waals surface area contributed by atoms with Crippen LogP contribution in [0.1, 0.15) is 31.4 Å². The number of aliphatic carboxylic acids is 1. The van der Waals surface area contributed by atoms with E-state index in [1.807, 2.05) is 38.1 Å². The van der Waals surface area contributed by atoms with Crippen molar-refractivity contribution in [2.45, 2.75) is 50.6 Å². The van der Waals surface area contributed by atoms with Gasteiger partial charge in [-0.15, -0.1) is 12.6 Å². The second-order valence-corrected chi connectivity index (χ2v) is 7.70. The third-order valence-electron chi connectivity index (χ3n) is 5.61. The fourth-order valence-electron chi connectivity index (χ4n) is 4.02. The molecule has 4 unspecified atom stereocenters. The van der Waals surface area contributed by atoms with Crippen LogP contribution < -0.4 is 5.32 Å². The fraction of sp³-hybridized carbons (Fsp3) is 0.526. The Balaban J connectivity index is 1.89. The lowest BCUT2D eigenvalue weighted by molar-refractivity contribution is -0.159. The van der Waals surface area contributed by atoms with Gasteiger partial charge in [0, 0.05) is 0 Å². The zero-order valence-corrected chi connectivity index (χ0v) is 15.8. The Morgan fingerprint density at radius 2 is 1.88 bits per heavy atom. The molecule has 0 bridgehead atoms. The van der Waals surface area contributed by atoms with Crippen LogP contribution in [0.4, 0.5) is 0 Å². The topological polar surface area (TPSA) is 86.7 Å². The van der Waals surface area contributed by atoms with Crippen LogP contribution in [-0.2, 0) is 27.2 Å². The molecule has 0 aromatic heterocycles. The number of hydrogen-bond donors (Lipinski definition) is 3. The van der Waals surface area contributed by atoms with Gasteiger partial charge in [0.05, 0.1) is 0 Å². The highest BCUT2D eigenvalue weighted by Crippen LogP contribution is 2.33. The summed E-state index contributed by atoms with van der Waals surface area (Å²) >= 11 is 4.12. The molecule has 1 aromatic rings. The zero-order valence-electron chi connectivity index (χ0n) is 14.9. The smallest absolute Gasteiger partial charge is 0.336 e. The van der Waals surface area contributed by atoms with E-state index in [2.05, 4.69) is 17.9 Å². The number of amides is 2. The van der Waals surface area contributed by atoms with Gasteiger partial charge in [0.15, 0.2) is 5.37 Å². The number of thiol groups is 1. The second kappa shape index (κ2) is 7.31. The maximum atomic E-state index is 13.2. The Kier molecular flexibility index (Phi) is 5.27. The largest absolute Gasteiger partial charge is 0.479 e. The molecule has 1 fully saturated rings. The Labute approximate surface area is 158 Å². The summed E-state index contributed by atoms with van der Waals surface area (Å²) in [5, 5.41) is 10.9. The van der Waals surface area contributed by atoms with Crippen molar-refractivity contribution in [2.75, 3.05) is 0 Å². The lowest BCUT2D eigenvalue weighted by Gasteiger charge is -2.44. The predicted molar refractivity (Wildman–Crippen MR) is 99.8 cm³/mol. The number of carbonyl (C=O) groups excluding carboxylic acids is 2. The normalized spacial score (nSPS) is 25.6. The molecule has 0 radical (unpaired) electrons. The summed E-state index contributed by atoms with van der Waals surface area (Å²) in [4.78, 5) is 38.7. The minimum atomic E-state index is -1.33. The van der Waals surface area contributed by atoms with Crippen molar-refractivity contribution >= 4 is 30.4 Å². The number of nitrogens with zero attached hydrogens (tertiary/aromatic N) is 1. The first kappa shape index (κ1) is 18.8. The number of carboxylic acids is 1. The van der Waals surface area contributed by atoms with E-state index in [1.54, 1.807) is 0 Å². The molecule has 0 spiro atoms. The van der Waals surface area contributed by atoms with Gasteiger partial charge in [-0.05, 0) is 35.8 Å². The van der Waals surface area contributed by atoms with Gasteiger partial charge in [0.2, 0.25) is 11.8 Å². The van der Waals surface area contributed by atoms with Crippen molar-refractivity contribution in [3.05, 3.63) is 35.4 Å². The summed E-state index contributed by atoms with van der Waals surface area (Å²) in [6.45, 7) is 3.76. The van der Waals surface area contributed by atoms with E-state index in [4.69, 9.17) is 0 Å². The molecule has 0 saturated carbocycles. The number of hydrogen-bond acceptors (Lipinski definition) is 4. The van der Waals surface area contributed by atoms with Crippen LogP contribution in [-0.4, -0.2) is 45.2 Å². The molecule has 7 heteroatoms. The lowest BCUT2D eigenvalue weighted by atomic mass is 9.88. The van der Waals surface area contributed by atoms with Crippen molar-refractivity contribution < 1.29 is 19.5 Å². The first-order chi connectivity index (χ1) is 12.3. The number of carboxylic acid groups (broad SMARTS) is 1. The fourth-order valence-corrected chi connectivity index (χ4v) is 4.28. The van der Waals surface area contributed by atoms with E-state index < -0.39 is 23.4 Å².